The third-order valence-corrected chi connectivity index (χ3v) is 3.91. The standard InChI is InChI=1S/C18H19FN2O/c1-11(2)13-6-5-12(9-16(13)19)14-7-8-17(22-4)18-15(14)10-21(3)20-18/h5-11H,1-4H3. The lowest BCUT2D eigenvalue weighted by molar-refractivity contribution is 0.418. The molecule has 1 aromatic heterocycles. The van der Waals surface area contributed by atoms with Crippen LogP contribution in [-0.2, 0) is 7.05 Å². The van der Waals surface area contributed by atoms with Crippen LogP contribution in [-0.4, -0.2) is 16.9 Å². The average molecular weight is 298 g/mol. The first-order chi connectivity index (χ1) is 10.5. The second-order valence-electron chi connectivity index (χ2n) is 5.77. The van der Waals surface area contributed by atoms with Gasteiger partial charge in [0.1, 0.15) is 17.1 Å². The minimum absolute atomic E-state index is 0.166. The van der Waals surface area contributed by atoms with Gasteiger partial charge in [0.05, 0.1) is 7.11 Å². The maximum absolute atomic E-state index is 14.3. The van der Waals surface area contributed by atoms with E-state index in [0.717, 1.165) is 33.3 Å². The van der Waals surface area contributed by atoms with E-state index in [2.05, 4.69) is 5.10 Å². The van der Waals surface area contributed by atoms with Crippen molar-refractivity contribution in [1.82, 2.24) is 9.78 Å². The summed E-state index contributed by atoms with van der Waals surface area (Å²) >= 11 is 0. The highest BCUT2D eigenvalue weighted by atomic mass is 19.1. The molecule has 3 rings (SSSR count). The monoisotopic (exact) mass is 298 g/mol. The minimum atomic E-state index is -0.166. The van der Waals surface area contributed by atoms with Gasteiger partial charge < -0.3 is 4.74 Å². The van der Waals surface area contributed by atoms with Crippen LogP contribution < -0.4 is 4.74 Å². The van der Waals surface area contributed by atoms with Crippen molar-refractivity contribution in [2.75, 3.05) is 7.11 Å². The molecule has 0 atom stereocenters. The van der Waals surface area contributed by atoms with Crippen molar-refractivity contribution in [2.24, 2.45) is 7.05 Å². The van der Waals surface area contributed by atoms with Crippen LogP contribution in [0.5, 0.6) is 5.75 Å². The molecule has 0 aliphatic carbocycles. The van der Waals surface area contributed by atoms with E-state index >= 15 is 0 Å². The Kier molecular flexibility index (Phi) is 3.61. The van der Waals surface area contributed by atoms with Gasteiger partial charge in [-0.2, -0.15) is 5.10 Å². The van der Waals surface area contributed by atoms with Crippen molar-refractivity contribution in [3.8, 4) is 16.9 Å². The van der Waals surface area contributed by atoms with Crippen molar-refractivity contribution in [3.63, 3.8) is 0 Å². The zero-order valence-corrected chi connectivity index (χ0v) is 13.2. The topological polar surface area (TPSA) is 27.1 Å². The Morgan fingerprint density at radius 3 is 2.59 bits per heavy atom. The summed E-state index contributed by atoms with van der Waals surface area (Å²) in [5.41, 5.74) is 3.33. The molecule has 0 amide bonds. The third kappa shape index (κ3) is 2.34. The Labute approximate surface area is 129 Å². The Balaban J connectivity index is 2.20. The molecular weight excluding hydrogens is 279 g/mol. The van der Waals surface area contributed by atoms with Crippen LogP contribution in [0.2, 0.25) is 0 Å². The summed E-state index contributed by atoms with van der Waals surface area (Å²) in [6, 6.07) is 9.25. The van der Waals surface area contributed by atoms with E-state index in [1.165, 1.54) is 0 Å². The highest BCUT2D eigenvalue weighted by Crippen LogP contribution is 2.34. The lowest BCUT2D eigenvalue weighted by atomic mass is 9.96. The maximum Gasteiger partial charge on any atom is 0.147 e. The van der Waals surface area contributed by atoms with Gasteiger partial charge in [0.25, 0.3) is 0 Å². The molecule has 0 radical (unpaired) electrons. The molecule has 3 nitrogen and oxygen atoms in total. The smallest absolute Gasteiger partial charge is 0.147 e. The quantitative estimate of drug-likeness (QED) is 0.711. The molecule has 0 N–H and O–H groups in total. The molecule has 4 heteroatoms. The molecule has 0 fully saturated rings. The molecule has 0 aliphatic rings. The molecule has 1 heterocycles. The minimum Gasteiger partial charge on any atom is -0.494 e. The summed E-state index contributed by atoms with van der Waals surface area (Å²) in [6.07, 6.45) is 1.93. The summed E-state index contributed by atoms with van der Waals surface area (Å²) in [5, 5.41) is 5.39. The molecule has 3 aromatic rings. The number of methoxy groups -OCH3 is 1. The number of aryl methyl sites for hydroxylation is 1. The van der Waals surface area contributed by atoms with Crippen LogP contribution in [0.25, 0.3) is 22.0 Å². The molecule has 2 aromatic carbocycles. The Morgan fingerprint density at radius 2 is 1.95 bits per heavy atom. The van der Waals surface area contributed by atoms with Crippen LogP contribution in [0.4, 0.5) is 4.39 Å². The third-order valence-electron chi connectivity index (χ3n) is 3.91. The van der Waals surface area contributed by atoms with Gasteiger partial charge in [-0.25, -0.2) is 4.39 Å². The summed E-state index contributed by atoms with van der Waals surface area (Å²) < 4.78 is 21.4. The zero-order chi connectivity index (χ0) is 15.9. The fourth-order valence-corrected chi connectivity index (χ4v) is 2.77. The first-order valence-corrected chi connectivity index (χ1v) is 7.31. The highest BCUT2D eigenvalue weighted by molar-refractivity contribution is 5.97. The van der Waals surface area contributed by atoms with Gasteiger partial charge in [-0.3, -0.25) is 4.68 Å². The summed E-state index contributed by atoms with van der Waals surface area (Å²) in [6.45, 7) is 3.98. The van der Waals surface area contributed by atoms with E-state index in [4.69, 9.17) is 4.74 Å². The number of nitrogens with zero attached hydrogens (tertiary/aromatic N) is 2. The Hall–Kier alpha value is -2.36. The molecule has 0 spiro atoms. The van der Waals surface area contributed by atoms with Gasteiger partial charge in [0.2, 0.25) is 0 Å². The van der Waals surface area contributed by atoms with Crippen LogP contribution >= 0.6 is 0 Å². The number of hydrogen-bond donors (Lipinski definition) is 0. The fraction of sp³-hybridized carbons (Fsp3) is 0.278. The number of rotatable bonds is 3. The predicted octanol–water partition coefficient (Wildman–Crippen LogP) is 4.51. The van der Waals surface area contributed by atoms with Crippen LogP contribution in [0, 0.1) is 5.82 Å². The Morgan fingerprint density at radius 1 is 1.18 bits per heavy atom. The van der Waals surface area contributed by atoms with E-state index < -0.39 is 0 Å². The van der Waals surface area contributed by atoms with E-state index in [1.807, 2.05) is 51.4 Å². The SMILES string of the molecule is COc1ccc(-c2ccc(C(C)C)c(F)c2)c2cn(C)nc12. The first-order valence-electron chi connectivity index (χ1n) is 7.31. The van der Waals surface area contributed by atoms with Crippen LogP contribution in [0.1, 0.15) is 25.3 Å². The summed E-state index contributed by atoms with van der Waals surface area (Å²) in [4.78, 5) is 0. The molecule has 0 saturated heterocycles. The van der Waals surface area contributed by atoms with Gasteiger partial charge >= 0.3 is 0 Å². The maximum atomic E-state index is 14.3. The van der Waals surface area contributed by atoms with Gasteiger partial charge in [0.15, 0.2) is 0 Å². The number of hydrogen-bond acceptors (Lipinski definition) is 2. The molecular formula is C18H19FN2O. The summed E-state index contributed by atoms with van der Waals surface area (Å²) in [5.74, 6) is 0.724. The number of halogens is 1. The van der Waals surface area contributed by atoms with Crippen LogP contribution in [0.15, 0.2) is 36.5 Å². The lowest BCUT2D eigenvalue weighted by Gasteiger charge is -2.10. The average Bonchev–Trinajstić information content (AvgIpc) is 2.86. The van der Waals surface area contributed by atoms with Gasteiger partial charge in [-0.05, 0) is 40.8 Å². The lowest BCUT2D eigenvalue weighted by Crippen LogP contribution is -1.93. The largest absolute Gasteiger partial charge is 0.494 e. The van der Waals surface area contributed by atoms with Crippen LogP contribution in [0.3, 0.4) is 0 Å². The first kappa shape index (κ1) is 14.6. The zero-order valence-electron chi connectivity index (χ0n) is 13.2. The molecule has 0 aliphatic heterocycles. The van der Waals surface area contributed by atoms with Crippen molar-refractivity contribution >= 4 is 10.9 Å². The van der Waals surface area contributed by atoms with Crippen molar-refractivity contribution < 1.29 is 9.13 Å². The number of aromatic nitrogens is 2. The van der Waals surface area contributed by atoms with E-state index in [-0.39, 0.29) is 11.7 Å². The van der Waals surface area contributed by atoms with Crippen molar-refractivity contribution in [3.05, 3.63) is 47.9 Å². The number of benzene rings is 2. The molecule has 0 unspecified atom stereocenters. The Bertz CT molecular complexity index is 836. The van der Waals surface area contributed by atoms with Crippen molar-refractivity contribution in [2.45, 2.75) is 19.8 Å². The molecule has 0 bridgehead atoms. The van der Waals surface area contributed by atoms with E-state index in [9.17, 15) is 4.39 Å². The van der Waals surface area contributed by atoms with Gasteiger partial charge in [-0.1, -0.05) is 26.0 Å². The normalized spacial score (nSPS) is 11.4. The second-order valence-corrected chi connectivity index (χ2v) is 5.77. The molecule has 0 saturated carbocycles. The number of ether oxygens (including phenoxy) is 1. The van der Waals surface area contributed by atoms with E-state index in [0.29, 0.717) is 0 Å². The highest BCUT2D eigenvalue weighted by Gasteiger charge is 2.14. The summed E-state index contributed by atoms with van der Waals surface area (Å²) in [7, 11) is 3.49. The van der Waals surface area contributed by atoms with Gasteiger partial charge in [-0.15, -0.1) is 0 Å². The van der Waals surface area contributed by atoms with Crippen molar-refractivity contribution in [1.29, 1.82) is 0 Å². The number of fused-ring (bicyclic) bond motifs is 1. The van der Waals surface area contributed by atoms with Gasteiger partial charge in [0, 0.05) is 18.6 Å². The predicted molar refractivity (Wildman–Crippen MR) is 86.7 cm³/mol. The van der Waals surface area contributed by atoms with E-state index in [1.54, 1.807) is 17.9 Å². The second kappa shape index (κ2) is 5.44. The molecule has 22 heavy (non-hydrogen) atoms. The fourth-order valence-electron chi connectivity index (χ4n) is 2.77. The molecule has 114 valence electrons.